The highest BCUT2D eigenvalue weighted by Gasteiger charge is 2.46. The number of carbonyl (C=O) groups excluding carboxylic acids is 2. The van der Waals surface area contributed by atoms with Crippen LogP contribution in [0, 0.1) is 5.92 Å². The van der Waals surface area contributed by atoms with Gasteiger partial charge in [-0.3, -0.25) is 14.4 Å². The van der Waals surface area contributed by atoms with Crippen molar-refractivity contribution in [1.29, 1.82) is 0 Å². The Morgan fingerprint density at radius 2 is 2.00 bits per heavy atom. The number of carboxylic acids is 1. The van der Waals surface area contributed by atoms with E-state index >= 15 is 0 Å². The molecule has 1 fully saturated rings. The van der Waals surface area contributed by atoms with Gasteiger partial charge in [0.25, 0.3) is 0 Å². The van der Waals surface area contributed by atoms with Crippen LogP contribution in [0.1, 0.15) is 16.8 Å². The molecule has 2 aliphatic rings. The van der Waals surface area contributed by atoms with Gasteiger partial charge in [-0.25, -0.2) is 0 Å². The number of benzene rings is 1. The maximum Gasteiger partial charge on any atom is 0.304 e. The maximum atomic E-state index is 13.1. The van der Waals surface area contributed by atoms with Crippen LogP contribution in [-0.4, -0.2) is 54.2 Å². The molecule has 0 aliphatic carbocycles. The summed E-state index contributed by atoms with van der Waals surface area (Å²) in [6.45, 7) is 0.498. The SMILES string of the molecule is COc1ccc(C(=O)C2=C3SCCN3C(=O)[C@@H]2CC(=O)O)cc1OC. The second-order valence-corrected chi connectivity index (χ2v) is 6.69. The summed E-state index contributed by atoms with van der Waals surface area (Å²) < 4.78 is 10.4. The number of carboxylic acid groups (broad SMARTS) is 1. The van der Waals surface area contributed by atoms with Crippen molar-refractivity contribution in [2.24, 2.45) is 5.92 Å². The fraction of sp³-hybridized carbons (Fsp3) is 0.353. The first kappa shape index (κ1) is 17.3. The van der Waals surface area contributed by atoms with E-state index in [4.69, 9.17) is 14.6 Å². The third kappa shape index (κ3) is 2.97. The van der Waals surface area contributed by atoms with Gasteiger partial charge in [0.15, 0.2) is 17.3 Å². The third-order valence-corrected chi connectivity index (χ3v) is 5.31. The van der Waals surface area contributed by atoms with E-state index in [1.807, 2.05) is 0 Å². The lowest BCUT2D eigenvalue weighted by Crippen LogP contribution is -2.29. The van der Waals surface area contributed by atoms with Crippen molar-refractivity contribution in [3.8, 4) is 11.5 Å². The van der Waals surface area contributed by atoms with Gasteiger partial charge in [0, 0.05) is 23.4 Å². The molecular weight excluding hydrogens is 346 g/mol. The number of hydrogen-bond acceptors (Lipinski definition) is 6. The molecule has 1 saturated heterocycles. The molecule has 0 saturated carbocycles. The number of hydrogen-bond donors (Lipinski definition) is 1. The van der Waals surface area contributed by atoms with E-state index in [2.05, 4.69) is 0 Å². The number of aliphatic carboxylic acids is 1. The van der Waals surface area contributed by atoms with Crippen LogP contribution in [-0.2, 0) is 9.59 Å². The van der Waals surface area contributed by atoms with Gasteiger partial charge in [0.2, 0.25) is 5.91 Å². The molecule has 0 unspecified atom stereocenters. The van der Waals surface area contributed by atoms with E-state index in [9.17, 15) is 14.4 Å². The van der Waals surface area contributed by atoms with Crippen molar-refractivity contribution in [2.75, 3.05) is 26.5 Å². The average Bonchev–Trinajstić information content (AvgIpc) is 3.16. The van der Waals surface area contributed by atoms with Crippen molar-refractivity contribution < 1.29 is 29.0 Å². The zero-order valence-corrected chi connectivity index (χ0v) is 14.6. The summed E-state index contributed by atoms with van der Waals surface area (Å²) in [6, 6.07) is 4.74. The summed E-state index contributed by atoms with van der Waals surface area (Å²) in [5, 5.41) is 9.71. The van der Waals surface area contributed by atoms with E-state index in [-0.39, 0.29) is 17.3 Å². The average molecular weight is 363 g/mol. The fourth-order valence-corrected chi connectivity index (χ4v) is 4.25. The van der Waals surface area contributed by atoms with Gasteiger partial charge in [-0.15, -0.1) is 11.8 Å². The lowest BCUT2D eigenvalue weighted by molar-refractivity contribution is -0.141. The van der Waals surface area contributed by atoms with Crippen molar-refractivity contribution in [3.05, 3.63) is 34.4 Å². The molecule has 25 heavy (non-hydrogen) atoms. The molecule has 8 heteroatoms. The van der Waals surface area contributed by atoms with Gasteiger partial charge >= 0.3 is 5.97 Å². The second kappa shape index (κ2) is 6.79. The Hall–Kier alpha value is -2.48. The lowest BCUT2D eigenvalue weighted by Gasteiger charge is -2.13. The number of amides is 1. The van der Waals surface area contributed by atoms with Crippen LogP contribution in [0.15, 0.2) is 28.8 Å². The normalized spacial score (nSPS) is 19.2. The Bertz CT molecular complexity index is 787. The summed E-state index contributed by atoms with van der Waals surface area (Å²) in [7, 11) is 2.96. The first-order chi connectivity index (χ1) is 12.0. The molecule has 3 rings (SSSR count). The number of carbonyl (C=O) groups is 3. The van der Waals surface area contributed by atoms with E-state index in [0.717, 1.165) is 0 Å². The number of fused-ring (bicyclic) bond motifs is 1. The summed E-state index contributed by atoms with van der Waals surface area (Å²) in [6.07, 6.45) is -0.395. The number of Topliss-reactive ketones (excluding diaryl/α,β-unsaturated/α-hetero) is 1. The Labute approximate surface area is 148 Å². The van der Waals surface area contributed by atoms with Crippen LogP contribution in [0.4, 0.5) is 0 Å². The lowest BCUT2D eigenvalue weighted by atomic mass is 9.91. The Kier molecular flexibility index (Phi) is 4.71. The quantitative estimate of drug-likeness (QED) is 0.770. The first-order valence-electron chi connectivity index (χ1n) is 7.64. The largest absolute Gasteiger partial charge is 0.493 e. The van der Waals surface area contributed by atoms with Crippen LogP contribution in [0.2, 0.25) is 0 Å². The van der Waals surface area contributed by atoms with Crippen LogP contribution in [0.25, 0.3) is 0 Å². The summed E-state index contributed by atoms with van der Waals surface area (Å²) in [5.74, 6) is -1.14. The number of nitrogens with zero attached hydrogens (tertiary/aromatic N) is 1. The number of methoxy groups -OCH3 is 2. The van der Waals surface area contributed by atoms with Gasteiger partial charge in [-0.05, 0) is 18.2 Å². The Morgan fingerprint density at radius 3 is 2.64 bits per heavy atom. The molecular formula is C17H17NO6S. The van der Waals surface area contributed by atoms with Crippen molar-refractivity contribution in [2.45, 2.75) is 6.42 Å². The Morgan fingerprint density at radius 1 is 1.28 bits per heavy atom. The molecule has 7 nitrogen and oxygen atoms in total. The van der Waals surface area contributed by atoms with E-state index in [0.29, 0.717) is 34.4 Å². The maximum absolute atomic E-state index is 13.1. The minimum Gasteiger partial charge on any atom is -0.493 e. The van der Waals surface area contributed by atoms with Crippen molar-refractivity contribution in [1.82, 2.24) is 4.90 Å². The molecule has 2 aliphatic heterocycles. The highest BCUT2D eigenvalue weighted by atomic mass is 32.2. The number of ketones is 1. The highest BCUT2D eigenvalue weighted by molar-refractivity contribution is 8.03. The number of rotatable bonds is 6. The highest BCUT2D eigenvalue weighted by Crippen LogP contribution is 2.43. The van der Waals surface area contributed by atoms with Gasteiger partial charge in [-0.1, -0.05) is 0 Å². The molecule has 1 aromatic carbocycles. The van der Waals surface area contributed by atoms with Crippen molar-refractivity contribution in [3.63, 3.8) is 0 Å². The monoisotopic (exact) mass is 363 g/mol. The molecule has 1 N–H and O–H groups in total. The zero-order chi connectivity index (χ0) is 18.1. The minimum atomic E-state index is -1.11. The standard InChI is InChI=1S/C17H17NO6S/c1-23-11-4-3-9(7-12(11)24-2)15(21)14-10(8-13(19)20)16(22)18-5-6-25-17(14)18/h3-4,7,10H,5-6,8H2,1-2H3,(H,19,20)/t10-/m1/s1. The molecule has 0 spiro atoms. The predicted molar refractivity (Wildman–Crippen MR) is 90.8 cm³/mol. The zero-order valence-electron chi connectivity index (χ0n) is 13.8. The van der Waals surface area contributed by atoms with Crippen LogP contribution < -0.4 is 9.47 Å². The molecule has 1 aromatic rings. The smallest absolute Gasteiger partial charge is 0.304 e. The first-order valence-corrected chi connectivity index (χ1v) is 8.63. The molecule has 2 heterocycles. The summed E-state index contributed by atoms with van der Waals surface area (Å²) >= 11 is 1.41. The van der Waals surface area contributed by atoms with Gasteiger partial charge in [0.05, 0.1) is 31.6 Å². The molecule has 132 valence electrons. The number of thioether (sulfide) groups is 1. The third-order valence-electron chi connectivity index (χ3n) is 4.21. The number of ether oxygens (including phenoxy) is 2. The van der Waals surface area contributed by atoms with Crippen LogP contribution in [0.3, 0.4) is 0 Å². The van der Waals surface area contributed by atoms with Crippen molar-refractivity contribution >= 4 is 29.4 Å². The van der Waals surface area contributed by atoms with Gasteiger partial charge < -0.3 is 19.5 Å². The summed E-state index contributed by atoms with van der Waals surface area (Å²) in [4.78, 5) is 38.2. The molecule has 0 radical (unpaired) electrons. The molecule has 0 bridgehead atoms. The van der Waals surface area contributed by atoms with E-state index in [1.165, 1.54) is 30.9 Å². The van der Waals surface area contributed by atoms with E-state index in [1.54, 1.807) is 18.2 Å². The molecule has 1 atom stereocenters. The molecule has 0 aromatic heterocycles. The van der Waals surface area contributed by atoms with Crippen LogP contribution in [0.5, 0.6) is 11.5 Å². The predicted octanol–water partition coefficient (Wildman–Crippen LogP) is 1.78. The van der Waals surface area contributed by atoms with Gasteiger partial charge in [0.1, 0.15) is 0 Å². The van der Waals surface area contributed by atoms with E-state index < -0.39 is 18.3 Å². The van der Waals surface area contributed by atoms with Crippen LogP contribution >= 0.6 is 11.8 Å². The fourth-order valence-electron chi connectivity index (χ4n) is 3.06. The molecule has 1 amide bonds. The topological polar surface area (TPSA) is 93.1 Å². The van der Waals surface area contributed by atoms with Gasteiger partial charge in [-0.2, -0.15) is 0 Å². The minimum absolute atomic E-state index is 0.266. The second-order valence-electron chi connectivity index (χ2n) is 5.61. The Balaban J connectivity index is 2.03. The summed E-state index contributed by atoms with van der Waals surface area (Å²) in [5.41, 5.74) is 0.597.